The molecular weight excluding hydrogens is 384 g/mol. The molecule has 1 N–H and O–H groups in total. The summed E-state index contributed by atoms with van der Waals surface area (Å²) >= 11 is 1.43. The highest BCUT2D eigenvalue weighted by Gasteiger charge is 2.24. The Hall–Kier alpha value is -2.77. The third-order valence-electron chi connectivity index (χ3n) is 5.12. The maximum Gasteiger partial charge on any atom is 0.240 e. The number of hydrogen-bond donors (Lipinski definition) is 1. The van der Waals surface area contributed by atoms with Crippen molar-refractivity contribution in [2.24, 2.45) is 0 Å². The van der Waals surface area contributed by atoms with Crippen LogP contribution in [-0.2, 0) is 4.79 Å². The molecule has 0 radical (unpaired) electrons. The number of aromatic nitrogens is 2. The number of pyridine rings is 1. The molecule has 1 saturated heterocycles. The number of ether oxygens (including phenoxy) is 1. The van der Waals surface area contributed by atoms with Gasteiger partial charge >= 0.3 is 0 Å². The summed E-state index contributed by atoms with van der Waals surface area (Å²) < 4.78 is 5.49. The Morgan fingerprint density at radius 1 is 1.28 bits per heavy atom. The van der Waals surface area contributed by atoms with E-state index in [1.54, 1.807) is 13.3 Å². The van der Waals surface area contributed by atoms with Gasteiger partial charge in [-0.15, -0.1) is 11.3 Å². The number of carbonyl (C=O) groups is 1. The summed E-state index contributed by atoms with van der Waals surface area (Å²) in [7, 11) is 1.68. The van der Waals surface area contributed by atoms with E-state index < -0.39 is 0 Å². The third-order valence-corrected chi connectivity index (χ3v) is 5.81. The van der Waals surface area contributed by atoms with Gasteiger partial charge in [0.2, 0.25) is 5.91 Å². The molecule has 0 aliphatic carbocycles. The minimum absolute atomic E-state index is 0.0173. The molecule has 3 aromatic rings. The second kappa shape index (κ2) is 9.15. The van der Waals surface area contributed by atoms with E-state index in [0.717, 1.165) is 48.6 Å². The van der Waals surface area contributed by atoms with Gasteiger partial charge in [0.15, 0.2) is 5.13 Å². The van der Waals surface area contributed by atoms with E-state index in [9.17, 15) is 4.79 Å². The number of amides is 1. The fourth-order valence-corrected chi connectivity index (χ4v) is 4.32. The van der Waals surface area contributed by atoms with Crippen molar-refractivity contribution in [2.45, 2.75) is 18.8 Å². The summed E-state index contributed by atoms with van der Waals surface area (Å²) in [6.45, 7) is 2.13. The molecule has 0 unspecified atom stereocenters. The number of piperidine rings is 1. The summed E-state index contributed by atoms with van der Waals surface area (Å²) in [6, 6.07) is 14.1. The number of likely N-dealkylation sites (tertiary alicyclic amines) is 1. The lowest BCUT2D eigenvalue weighted by atomic mass is 9.93. The number of nitrogens with one attached hydrogen (secondary N) is 1. The van der Waals surface area contributed by atoms with Crippen LogP contribution in [0.15, 0.2) is 54.0 Å². The zero-order valence-corrected chi connectivity index (χ0v) is 17.2. The molecule has 6 nitrogen and oxygen atoms in total. The summed E-state index contributed by atoms with van der Waals surface area (Å²) in [4.78, 5) is 23.6. The van der Waals surface area contributed by atoms with E-state index in [0.29, 0.717) is 17.6 Å². The molecule has 1 aliphatic heterocycles. The van der Waals surface area contributed by atoms with Crippen LogP contribution in [0.2, 0.25) is 0 Å². The Balaban J connectivity index is 1.45. The molecule has 7 heteroatoms. The quantitative estimate of drug-likeness (QED) is 0.667. The summed E-state index contributed by atoms with van der Waals surface area (Å²) in [5, 5.41) is 5.37. The molecule has 0 spiro atoms. The van der Waals surface area contributed by atoms with Gasteiger partial charge in [0.1, 0.15) is 5.75 Å². The van der Waals surface area contributed by atoms with Crippen LogP contribution in [-0.4, -0.2) is 47.5 Å². The molecule has 1 amide bonds. The fourth-order valence-electron chi connectivity index (χ4n) is 3.77. The molecule has 4 rings (SSSR count). The maximum atomic E-state index is 12.3. The minimum atomic E-state index is -0.0173. The highest BCUT2D eigenvalue weighted by molar-refractivity contribution is 7.13. The van der Waals surface area contributed by atoms with Gasteiger partial charge in [0.25, 0.3) is 0 Å². The van der Waals surface area contributed by atoms with Crippen LogP contribution in [0.3, 0.4) is 0 Å². The minimum Gasteiger partial charge on any atom is -0.496 e. The Morgan fingerprint density at radius 2 is 2.17 bits per heavy atom. The van der Waals surface area contributed by atoms with E-state index in [4.69, 9.17) is 9.72 Å². The van der Waals surface area contributed by atoms with Crippen LogP contribution in [0.25, 0.3) is 11.3 Å². The highest BCUT2D eigenvalue weighted by Crippen LogP contribution is 2.31. The molecule has 1 fully saturated rings. The first-order valence-corrected chi connectivity index (χ1v) is 10.6. The molecule has 0 bridgehead atoms. The van der Waals surface area contributed by atoms with Gasteiger partial charge in [-0.3, -0.25) is 14.7 Å². The normalized spacial score (nSPS) is 17.1. The summed E-state index contributed by atoms with van der Waals surface area (Å²) in [6.07, 6.45) is 3.82. The highest BCUT2D eigenvalue weighted by atomic mass is 32.1. The van der Waals surface area contributed by atoms with Gasteiger partial charge in [-0.25, -0.2) is 4.98 Å². The van der Waals surface area contributed by atoms with E-state index in [1.165, 1.54) is 11.3 Å². The lowest BCUT2D eigenvalue weighted by Gasteiger charge is -2.32. The summed E-state index contributed by atoms with van der Waals surface area (Å²) in [5.74, 6) is 1.11. The van der Waals surface area contributed by atoms with Gasteiger partial charge in [-0.2, -0.15) is 0 Å². The smallest absolute Gasteiger partial charge is 0.240 e. The lowest BCUT2D eigenvalue weighted by molar-refractivity contribution is -0.117. The van der Waals surface area contributed by atoms with Crippen LogP contribution in [0, 0.1) is 0 Å². The number of thiazole rings is 1. The molecular formula is C22H24N4O2S. The predicted molar refractivity (Wildman–Crippen MR) is 115 cm³/mol. The van der Waals surface area contributed by atoms with Crippen molar-refractivity contribution in [1.82, 2.24) is 14.9 Å². The fraction of sp³-hybridized carbons (Fsp3) is 0.318. The Labute approximate surface area is 174 Å². The van der Waals surface area contributed by atoms with Crippen LogP contribution < -0.4 is 10.1 Å². The van der Waals surface area contributed by atoms with Crippen molar-refractivity contribution < 1.29 is 9.53 Å². The average molecular weight is 409 g/mol. The molecule has 1 aromatic carbocycles. The first-order chi connectivity index (χ1) is 14.2. The molecule has 1 atom stereocenters. The molecule has 0 saturated carbocycles. The van der Waals surface area contributed by atoms with Crippen LogP contribution in [0.5, 0.6) is 5.75 Å². The largest absolute Gasteiger partial charge is 0.496 e. The zero-order chi connectivity index (χ0) is 20.1. The number of anilines is 1. The number of carbonyl (C=O) groups excluding carboxylic acids is 1. The van der Waals surface area contributed by atoms with Crippen molar-refractivity contribution >= 4 is 22.4 Å². The van der Waals surface area contributed by atoms with Gasteiger partial charge in [0.05, 0.1) is 19.3 Å². The van der Waals surface area contributed by atoms with E-state index in [1.807, 2.05) is 35.7 Å². The number of methoxy groups -OCH3 is 1. The Morgan fingerprint density at radius 3 is 3.00 bits per heavy atom. The van der Waals surface area contributed by atoms with Crippen molar-refractivity contribution in [2.75, 3.05) is 32.1 Å². The molecule has 29 heavy (non-hydrogen) atoms. The predicted octanol–water partition coefficient (Wildman–Crippen LogP) is 4.03. The second-order valence-corrected chi connectivity index (χ2v) is 8.00. The Kier molecular flexibility index (Phi) is 6.17. The standard InChI is InChI=1S/C22H24N4O2S/c1-28-20-10-3-2-7-17(20)19-9-4-8-18(24-19)16-6-5-12-26(14-16)15-21(27)25-22-23-11-13-29-22/h2-4,7-11,13,16H,5-6,12,14-15H2,1H3,(H,23,25,27)/t16-/m0/s1. The number of nitrogens with zero attached hydrogens (tertiary/aromatic N) is 3. The Bertz CT molecular complexity index is 961. The molecule has 150 valence electrons. The molecule has 1 aliphatic rings. The van der Waals surface area contributed by atoms with Gasteiger partial charge in [-0.1, -0.05) is 18.2 Å². The number of benzene rings is 1. The molecule has 3 heterocycles. The first-order valence-electron chi connectivity index (χ1n) is 9.75. The van der Waals surface area contributed by atoms with Gasteiger partial charge < -0.3 is 10.1 Å². The van der Waals surface area contributed by atoms with Crippen LogP contribution >= 0.6 is 11.3 Å². The second-order valence-electron chi connectivity index (χ2n) is 7.11. The van der Waals surface area contributed by atoms with Crippen molar-refractivity contribution in [3.8, 4) is 17.0 Å². The van der Waals surface area contributed by atoms with Crippen LogP contribution in [0.1, 0.15) is 24.5 Å². The topological polar surface area (TPSA) is 67.3 Å². The van der Waals surface area contributed by atoms with E-state index in [2.05, 4.69) is 27.3 Å². The SMILES string of the molecule is COc1ccccc1-c1cccc([C@H]2CCCN(CC(=O)Nc3nccs3)C2)n1. The number of hydrogen-bond acceptors (Lipinski definition) is 6. The number of rotatable bonds is 6. The monoisotopic (exact) mass is 408 g/mol. The van der Waals surface area contributed by atoms with Crippen molar-refractivity contribution in [3.05, 3.63) is 59.7 Å². The van der Waals surface area contributed by atoms with E-state index in [-0.39, 0.29) is 5.91 Å². The van der Waals surface area contributed by atoms with Crippen molar-refractivity contribution in [3.63, 3.8) is 0 Å². The van der Waals surface area contributed by atoms with Gasteiger partial charge in [-0.05, 0) is 43.7 Å². The summed E-state index contributed by atoms with van der Waals surface area (Å²) in [5.41, 5.74) is 2.98. The first kappa shape index (κ1) is 19.5. The van der Waals surface area contributed by atoms with Crippen molar-refractivity contribution in [1.29, 1.82) is 0 Å². The average Bonchev–Trinajstić information content (AvgIpc) is 3.27. The van der Waals surface area contributed by atoms with Crippen LogP contribution in [0.4, 0.5) is 5.13 Å². The maximum absolute atomic E-state index is 12.3. The lowest BCUT2D eigenvalue weighted by Crippen LogP contribution is -2.40. The third kappa shape index (κ3) is 4.81. The van der Waals surface area contributed by atoms with E-state index >= 15 is 0 Å². The van der Waals surface area contributed by atoms with Gasteiger partial charge in [0, 0.05) is 35.3 Å². The molecule has 2 aromatic heterocycles. The number of para-hydroxylation sites is 1. The zero-order valence-electron chi connectivity index (χ0n) is 16.4.